The standard InChI is InChI=1S/C12H14N2O2/c1-14-7-11(12(8-15)13-14)9-4-3-5-10(6-9)16-2/h3-7,15H,8H2,1-2H3. The second-order valence-electron chi connectivity index (χ2n) is 3.55. The van der Waals surface area contributed by atoms with E-state index in [-0.39, 0.29) is 6.61 Å². The van der Waals surface area contributed by atoms with Gasteiger partial charge in [-0.3, -0.25) is 4.68 Å². The summed E-state index contributed by atoms with van der Waals surface area (Å²) in [6, 6.07) is 7.70. The van der Waals surface area contributed by atoms with Gasteiger partial charge in [0.15, 0.2) is 0 Å². The minimum Gasteiger partial charge on any atom is -0.497 e. The van der Waals surface area contributed by atoms with Gasteiger partial charge in [0.05, 0.1) is 19.4 Å². The van der Waals surface area contributed by atoms with Crippen LogP contribution in [-0.4, -0.2) is 22.0 Å². The fourth-order valence-corrected chi connectivity index (χ4v) is 1.68. The molecule has 0 saturated heterocycles. The van der Waals surface area contributed by atoms with E-state index in [0.717, 1.165) is 16.9 Å². The second kappa shape index (κ2) is 4.37. The first-order valence-electron chi connectivity index (χ1n) is 5.02. The second-order valence-corrected chi connectivity index (χ2v) is 3.55. The molecule has 84 valence electrons. The third kappa shape index (κ3) is 1.92. The van der Waals surface area contributed by atoms with Gasteiger partial charge in [0.1, 0.15) is 5.75 Å². The molecule has 1 aromatic carbocycles. The van der Waals surface area contributed by atoms with Crippen molar-refractivity contribution in [3.63, 3.8) is 0 Å². The molecule has 0 spiro atoms. The van der Waals surface area contributed by atoms with Gasteiger partial charge in [0.2, 0.25) is 0 Å². The normalized spacial score (nSPS) is 10.4. The average molecular weight is 218 g/mol. The number of nitrogens with zero attached hydrogens (tertiary/aromatic N) is 2. The molecule has 4 heteroatoms. The summed E-state index contributed by atoms with van der Waals surface area (Å²) >= 11 is 0. The Kier molecular flexibility index (Phi) is 2.92. The topological polar surface area (TPSA) is 47.3 Å². The Hall–Kier alpha value is -1.81. The van der Waals surface area contributed by atoms with E-state index in [0.29, 0.717) is 5.69 Å². The molecule has 0 atom stereocenters. The van der Waals surface area contributed by atoms with Crippen LogP contribution in [0.2, 0.25) is 0 Å². The Labute approximate surface area is 94.1 Å². The van der Waals surface area contributed by atoms with Gasteiger partial charge in [-0.05, 0) is 17.7 Å². The van der Waals surface area contributed by atoms with E-state index in [2.05, 4.69) is 5.10 Å². The highest BCUT2D eigenvalue weighted by molar-refractivity contribution is 5.66. The predicted octanol–water partition coefficient (Wildman–Crippen LogP) is 1.59. The van der Waals surface area contributed by atoms with Crippen LogP contribution < -0.4 is 4.74 Å². The van der Waals surface area contributed by atoms with Crippen molar-refractivity contribution in [2.45, 2.75) is 6.61 Å². The summed E-state index contributed by atoms with van der Waals surface area (Å²) in [7, 11) is 3.47. The molecule has 1 N–H and O–H groups in total. The monoisotopic (exact) mass is 218 g/mol. The molecule has 0 radical (unpaired) electrons. The fraction of sp³-hybridized carbons (Fsp3) is 0.250. The third-order valence-corrected chi connectivity index (χ3v) is 2.44. The zero-order valence-electron chi connectivity index (χ0n) is 9.34. The molecule has 4 nitrogen and oxygen atoms in total. The van der Waals surface area contributed by atoms with Gasteiger partial charge in [0, 0.05) is 18.8 Å². The van der Waals surface area contributed by atoms with Crippen LogP contribution in [0.5, 0.6) is 5.75 Å². The molecule has 0 saturated carbocycles. The van der Waals surface area contributed by atoms with Crippen LogP contribution in [0.1, 0.15) is 5.69 Å². The van der Waals surface area contributed by atoms with Crippen LogP contribution in [0, 0.1) is 0 Å². The molecule has 2 aromatic rings. The van der Waals surface area contributed by atoms with E-state index in [1.807, 2.05) is 37.5 Å². The first kappa shape index (κ1) is 10.7. The predicted molar refractivity (Wildman–Crippen MR) is 61.1 cm³/mol. The van der Waals surface area contributed by atoms with Gasteiger partial charge in [-0.2, -0.15) is 5.10 Å². The lowest BCUT2D eigenvalue weighted by Crippen LogP contribution is -1.90. The SMILES string of the molecule is COc1cccc(-c2cn(C)nc2CO)c1. The van der Waals surface area contributed by atoms with Crippen LogP contribution >= 0.6 is 0 Å². The van der Waals surface area contributed by atoms with Crippen molar-refractivity contribution in [3.8, 4) is 16.9 Å². The van der Waals surface area contributed by atoms with Crippen LogP contribution in [0.25, 0.3) is 11.1 Å². The molecule has 0 aliphatic rings. The number of benzene rings is 1. The molecular formula is C12H14N2O2. The number of ether oxygens (including phenoxy) is 1. The molecule has 0 amide bonds. The minimum atomic E-state index is -0.0621. The zero-order chi connectivity index (χ0) is 11.5. The van der Waals surface area contributed by atoms with E-state index in [9.17, 15) is 5.11 Å². The smallest absolute Gasteiger partial charge is 0.119 e. The first-order valence-corrected chi connectivity index (χ1v) is 5.02. The summed E-state index contributed by atoms with van der Waals surface area (Å²) in [5, 5.41) is 13.4. The van der Waals surface area contributed by atoms with Crippen LogP contribution in [0.4, 0.5) is 0 Å². The van der Waals surface area contributed by atoms with E-state index in [1.54, 1.807) is 11.8 Å². The quantitative estimate of drug-likeness (QED) is 0.851. The minimum absolute atomic E-state index is 0.0621. The summed E-state index contributed by atoms with van der Waals surface area (Å²) in [5.74, 6) is 0.797. The average Bonchev–Trinajstić information content (AvgIpc) is 2.70. The van der Waals surface area contributed by atoms with Crippen LogP contribution in [-0.2, 0) is 13.7 Å². The third-order valence-electron chi connectivity index (χ3n) is 2.44. The van der Waals surface area contributed by atoms with Crippen molar-refractivity contribution in [2.24, 2.45) is 7.05 Å². The number of hydrogen-bond donors (Lipinski definition) is 1. The molecular weight excluding hydrogens is 204 g/mol. The highest BCUT2D eigenvalue weighted by atomic mass is 16.5. The Morgan fingerprint density at radius 2 is 2.25 bits per heavy atom. The largest absolute Gasteiger partial charge is 0.497 e. The maximum Gasteiger partial charge on any atom is 0.119 e. The highest BCUT2D eigenvalue weighted by Gasteiger charge is 2.09. The number of aromatic nitrogens is 2. The molecule has 0 aliphatic carbocycles. The number of aliphatic hydroxyl groups excluding tert-OH is 1. The van der Waals surface area contributed by atoms with Crippen molar-refractivity contribution in [2.75, 3.05) is 7.11 Å². The molecule has 0 fully saturated rings. The number of aryl methyl sites for hydroxylation is 1. The maximum atomic E-state index is 9.21. The van der Waals surface area contributed by atoms with Crippen molar-refractivity contribution >= 4 is 0 Å². The fourth-order valence-electron chi connectivity index (χ4n) is 1.68. The lowest BCUT2D eigenvalue weighted by Gasteiger charge is -2.03. The van der Waals surface area contributed by atoms with E-state index < -0.39 is 0 Å². The maximum absolute atomic E-state index is 9.21. The Morgan fingerprint density at radius 3 is 2.94 bits per heavy atom. The Morgan fingerprint density at radius 1 is 1.44 bits per heavy atom. The molecule has 0 bridgehead atoms. The van der Waals surface area contributed by atoms with Crippen LogP contribution in [0.3, 0.4) is 0 Å². The van der Waals surface area contributed by atoms with Gasteiger partial charge in [-0.15, -0.1) is 0 Å². The van der Waals surface area contributed by atoms with E-state index >= 15 is 0 Å². The van der Waals surface area contributed by atoms with Crippen molar-refractivity contribution in [1.82, 2.24) is 9.78 Å². The van der Waals surface area contributed by atoms with Crippen molar-refractivity contribution in [3.05, 3.63) is 36.2 Å². The molecule has 16 heavy (non-hydrogen) atoms. The Balaban J connectivity index is 2.48. The van der Waals surface area contributed by atoms with Gasteiger partial charge in [-0.25, -0.2) is 0 Å². The van der Waals surface area contributed by atoms with Crippen LogP contribution in [0.15, 0.2) is 30.5 Å². The first-order chi connectivity index (χ1) is 7.74. The number of rotatable bonds is 3. The molecule has 0 unspecified atom stereocenters. The number of aliphatic hydroxyl groups is 1. The number of methoxy groups -OCH3 is 1. The summed E-state index contributed by atoms with van der Waals surface area (Å²) in [4.78, 5) is 0. The lowest BCUT2D eigenvalue weighted by atomic mass is 10.1. The highest BCUT2D eigenvalue weighted by Crippen LogP contribution is 2.26. The molecule has 2 rings (SSSR count). The summed E-state index contributed by atoms with van der Waals surface area (Å²) in [6.07, 6.45) is 1.89. The molecule has 1 heterocycles. The van der Waals surface area contributed by atoms with Gasteiger partial charge in [-0.1, -0.05) is 12.1 Å². The molecule has 0 aliphatic heterocycles. The van der Waals surface area contributed by atoms with E-state index in [4.69, 9.17) is 4.74 Å². The zero-order valence-corrected chi connectivity index (χ0v) is 9.34. The van der Waals surface area contributed by atoms with Crippen molar-refractivity contribution in [1.29, 1.82) is 0 Å². The summed E-state index contributed by atoms with van der Waals surface area (Å²) in [5.41, 5.74) is 2.61. The van der Waals surface area contributed by atoms with Crippen molar-refractivity contribution < 1.29 is 9.84 Å². The summed E-state index contributed by atoms with van der Waals surface area (Å²) in [6.45, 7) is -0.0621. The van der Waals surface area contributed by atoms with E-state index in [1.165, 1.54) is 0 Å². The molecule has 1 aromatic heterocycles. The van der Waals surface area contributed by atoms with Gasteiger partial charge < -0.3 is 9.84 Å². The van der Waals surface area contributed by atoms with Gasteiger partial charge in [0.25, 0.3) is 0 Å². The van der Waals surface area contributed by atoms with Gasteiger partial charge >= 0.3 is 0 Å². The lowest BCUT2D eigenvalue weighted by molar-refractivity contribution is 0.276. The summed E-state index contributed by atoms with van der Waals surface area (Å²) < 4.78 is 6.86. The number of hydrogen-bond acceptors (Lipinski definition) is 3. The Bertz CT molecular complexity index is 492.